The molecule has 0 unspecified atom stereocenters. The molecule has 2 nitrogen and oxygen atoms in total. The Morgan fingerprint density at radius 2 is 2.40 bits per heavy atom. The van der Waals surface area contributed by atoms with Gasteiger partial charge in [0, 0.05) is 6.20 Å². The summed E-state index contributed by atoms with van der Waals surface area (Å²) in [6, 6.07) is 0. The minimum Gasteiger partial charge on any atom is -0.242 e. The Morgan fingerprint density at radius 3 is 2.70 bits per heavy atom. The maximum absolute atomic E-state index is 11.9. The smallest absolute Gasteiger partial charge is 0.181 e. The number of hydrogen-bond donors (Lipinski definition) is 0. The van der Waals surface area contributed by atoms with Crippen molar-refractivity contribution in [3.63, 3.8) is 0 Å². The van der Waals surface area contributed by atoms with Crippen LogP contribution in [0.1, 0.15) is 25.3 Å². The molecular weight excluding hydrogens is 131 g/mol. The molecule has 0 N–H and O–H groups in total. The van der Waals surface area contributed by atoms with Gasteiger partial charge < -0.3 is 0 Å². The quantitative estimate of drug-likeness (QED) is 0.617. The van der Waals surface area contributed by atoms with Gasteiger partial charge in [-0.3, -0.25) is 0 Å². The molecule has 3 heteroatoms. The van der Waals surface area contributed by atoms with Crippen LogP contribution >= 0.6 is 0 Å². The first-order chi connectivity index (χ1) is 4.74. The van der Waals surface area contributed by atoms with E-state index in [9.17, 15) is 4.39 Å². The van der Waals surface area contributed by atoms with Crippen LogP contribution in [0.2, 0.25) is 0 Å². The van der Waals surface area contributed by atoms with Crippen molar-refractivity contribution in [2.45, 2.75) is 26.6 Å². The van der Waals surface area contributed by atoms with E-state index in [0.717, 1.165) is 5.56 Å². The zero-order chi connectivity index (χ0) is 7.56. The standard InChI is InChI=1S/C7H11FN2/c1-6(2)7-3-9-10(4-7)5-8/h3-4,6H,5H2,1-2H3. The predicted octanol–water partition coefficient (Wildman–Crippen LogP) is 1.93. The first-order valence-corrected chi connectivity index (χ1v) is 3.32. The average molecular weight is 142 g/mol. The number of nitrogens with zero attached hydrogens (tertiary/aromatic N) is 2. The van der Waals surface area contributed by atoms with E-state index in [1.54, 1.807) is 12.4 Å². The molecule has 1 rings (SSSR count). The van der Waals surface area contributed by atoms with Gasteiger partial charge in [-0.15, -0.1) is 0 Å². The van der Waals surface area contributed by atoms with Gasteiger partial charge in [-0.1, -0.05) is 13.8 Å². The van der Waals surface area contributed by atoms with E-state index in [0.29, 0.717) is 5.92 Å². The fraction of sp³-hybridized carbons (Fsp3) is 0.571. The highest BCUT2D eigenvalue weighted by Gasteiger charge is 2.00. The molecule has 56 valence electrons. The van der Waals surface area contributed by atoms with Crippen LogP contribution in [-0.2, 0) is 6.80 Å². The third-order valence-corrected chi connectivity index (χ3v) is 1.44. The number of hydrogen-bond acceptors (Lipinski definition) is 1. The van der Waals surface area contributed by atoms with Crippen molar-refractivity contribution in [1.82, 2.24) is 9.78 Å². The van der Waals surface area contributed by atoms with Gasteiger partial charge in [-0.25, -0.2) is 9.07 Å². The molecule has 1 aromatic heterocycles. The summed E-state index contributed by atoms with van der Waals surface area (Å²) < 4.78 is 13.2. The van der Waals surface area contributed by atoms with Gasteiger partial charge in [0.2, 0.25) is 0 Å². The highest BCUT2D eigenvalue weighted by Crippen LogP contribution is 2.11. The van der Waals surface area contributed by atoms with E-state index < -0.39 is 6.80 Å². The summed E-state index contributed by atoms with van der Waals surface area (Å²) in [4.78, 5) is 0. The highest BCUT2D eigenvalue weighted by molar-refractivity contribution is 5.08. The maximum Gasteiger partial charge on any atom is 0.181 e. The van der Waals surface area contributed by atoms with Crippen LogP contribution < -0.4 is 0 Å². The Hall–Kier alpha value is -0.860. The second-order valence-electron chi connectivity index (χ2n) is 2.59. The summed E-state index contributed by atoms with van der Waals surface area (Å²) in [5.74, 6) is 0.431. The second-order valence-corrected chi connectivity index (χ2v) is 2.59. The Kier molecular flexibility index (Phi) is 2.04. The Labute approximate surface area is 59.7 Å². The van der Waals surface area contributed by atoms with Crippen molar-refractivity contribution in [2.24, 2.45) is 0 Å². The van der Waals surface area contributed by atoms with Gasteiger partial charge in [0.25, 0.3) is 0 Å². The van der Waals surface area contributed by atoms with Crippen molar-refractivity contribution in [2.75, 3.05) is 0 Å². The number of alkyl halides is 1. The molecule has 0 bridgehead atoms. The third kappa shape index (κ3) is 1.35. The lowest BCUT2D eigenvalue weighted by Crippen LogP contribution is -1.91. The van der Waals surface area contributed by atoms with E-state index in [2.05, 4.69) is 18.9 Å². The minimum absolute atomic E-state index is 0.431. The molecule has 0 aromatic carbocycles. The SMILES string of the molecule is CC(C)c1cnn(CF)c1. The van der Waals surface area contributed by atoms with Crippen LogP contribution in [-0.4, -0.2) is 9.78 Å². The minimum atomic E-state index is -0.535. The lowest BCUT2D eigenvalue weighted by atomic mass is 10.1. The largest absolute Gasteiger partial charge is 0.242 e. The third-order valence-electron chi connectivity index (χ3n) is 1.44. The monoisotopic (exact) mass is 142 g/mol. The lowest BCUT2D eigenvalue weighted by Gasteiger charge is -1.96. The van der Waals surface area contributed by atoms with E-state index in [1.807, 2.05) is 0 Å². The highest BCUT2D eigenvalue weighted by atomic mass is 19.1. The summed E-state index contributed by atoms with van der Waals surface area (Å²) in [7, 11) is 0. The van der Waals surface area contributed by atoms with Crippen LogP contribution in [0.25, 0.3) is 0 Å². The average Bonchev–Trinajstić information content (AvgIpc) is 2.34. The van der Waals surface area contributed by atoms with Crippen LogP contribution in [0.4, 0.5) is 4.39 Å². The normalized spacial score (nSPS) is 10.8. The van der Waals surface area contributed by atoms with Crippen molar-refractivity contribution in [3.05, 3.63) is 18.0 Å². The van der Waals surface area contributed by atoms with Gasteiger partial charge in [0.1, 0.15) is 0 Å². The summed E-state index contributed by atoms with van der Waals surface area (Å²) in [5, 5.41) is 3.80. The van der Waals surface area contributed by atoms with E-state index in [-0.39, 0.29) is 0 Å². The first-order valence-electron chi connectivity index (χ1n) is 3.32. The molecule has 1 heterocycles. The molecule has 0 aliphatic rings. The van der Waals surface area contributed by atoms with Gasteiger partial charge in [-0.2, -0.15) is 5.10 Å². The van der Waals surface area contributed by atoms with Crippen LogP contribution in [0.15, 0.2) is 12.4 Å². The molecule has 1 aromatic rings. The van der Waals surface area contributed by atoms with Gasteiger partial charge in [-0.05, 0) is 11.5 Å². The maximum atomic E-state index is 11.9. The fourth-order valence-corrected chi connectivity index (χ4v) is 0.743. The molecule has 0 saturated carbocycles. The predicted molar refractivity (Wildman–Crippen MR) is 37.4 cm³/mol. The first kappa shape index (κ1) is 7.25. The summed E-state index contributed by atoms with van der Waals surface area (Å²) in [6.07, 6.45) is 3.43. The summed E-state index contributed by atoms with van der Waals surface area (Å²) >= 11 is 0. The van der Waals surface area contributed by atoms with Crippen LogP contribution in [0.5, 0.6) is 0 Å². The molecule has 0 atom stereocenters. The second kappa shape index (κ2) is 2.82. The zero-order valence-electron chi connectivity index (χ0n) is 6.21. The van der Waals surface area contributed by atoms with Crippen molar-refractivity contribution in [3.8, 4) is 0 Å². The van der Waals surface area contributed by atoms with E-state index in [1.165, 1.54) is 4.68 Å². The molecule has 0 saturated heterocycles. The molecule has 10 heavy (non-hydrogen) atoms. The fourth-order valence-electron chi connectivity index (χ4n) is 0.743. The van der Waals surface area contributed by atoms with E-state index >= 15 is 0 Å². The number of rotatable bonds is 2. The summed E-state index contributed by atoms with van der Waals surface area (Å²) in [6.45, 7) is 3.58. The molecule has 0 fully saturated rings. The Bertz CT molecular complexity index is 205. The lowest BCUT2D eigenvalue weighted by molar-refractivity contribution is 0.349. The Balaban J connectivity index is 2.78. The molecule has 0 radical (unpaired) electrons. The van der Waals surface area contributed by atoms with Crippen molar-refractivity contribution >= 4 is 0 Å². The van der Waals surface area contributed by atoms with E-state index in [4.69, 9.17) is 0 Å². The van der Waals surface area contributed by atoms with Gasteiger partial charge in [0.05, 0.1) is 6.20 Å². The van der Waals surface area contributed by atoms with Gasteiger partial charge >= 0.3 is 0 Å². The summed E-state index contributed by atoms with van der Waals surface area (Å²) in [5.41, 5.74) is 1.08. The van der Waals surface area contributed by atoms with Crippen LogP contribution in [0, 0.1) is 0 Å². The zero-order valence-corrected chi connectivity index (χ0v) is 6.21. The van der Waals surface area contributed by atoms with Crippen molar-refractivity contribution in [1.29, 1.82) is 0 Å². The Morgan fingerprint density at radius 1 is 1.70 bits per heavy atom. The topological polar surface area (TPSA) is 17.8 Å². The van der Waals surface area contributed by atoms with Gasteiger partial charge in [0.15, 0.2) is 6.80 Å². The molecule has 0 amide bonds. The molecule has 0 spiro atoms. The molecule has 0 aliphatic heterocycles. The number of halogens is 1. The molecule has 0 aliphatic carbocycles. The van der Waals surface area contributed by atoms with Crippen LogP contribution in [0.3, 0.4) is 0 Å². The molecular formula is C7H11FN2. The number of aromatic nitrogens is 2. The van der Waals surface area contributed by atoms with Crippen molar-refractivity contribution < 1.29 is 4.39 Å².